The number of aromatic hydroxyl groups is 1. The minimum atomic E-state index is 0.160. The van der Waals surface area contributed by atoms with Gasteiger partial charge >= 0.3 is 0 Å². The van der Waals surface area contributed by atoms with Crippen LogP contribution in [0.2, 0.25) is 0 Å². The van der Waals surface area contributed by atoms with Gasteiger partial charge in [0.25, 0.3) is 0 Å². The largest absolute Gasteiger partial charge is 0.508 e. The molecular weight excluding hydrogens is 312 g/mol. The van der Waals surface area contributed by atoms with Crippen LogP contribution >= 0.6 is 0 Å². The van der Waals surface area contributed by atoms with Crippen molar-refractivity contribution in [1.82, 2.24) is 4.90 Å². The van der Waals surface area contributed by atoms with E-state index in [1.54, 1.807) is 6.07 Å². The minimum absolute atomic E-state index is 0.160. The highest BCUT2D eigenvalue weighted by Gasteiger charge is 2.27. The van der Waals surface area contributed by atoms with Gasteiger partial charge in [-0.15, -0.1) is 0 Å². The maximum atomic E-state index is 9.66. The molecule has 1 saturated heterocycles. The van der Waals surface area contributed by atoms with Crippen LogP contribution < -0.4 is 0 Å². The standard InChI is InChI=1S/C21H24N2O2/c24-19-8-4-7-18(13-19)16-9-11-23(12-10-16)15-20-14-21(22-25-20)17-5-2-1-3-6-17/h1-8,13,16,20,24H,9-12,14-15H2/t20-/m1/s1. The topological polar surface area (TPSA) is 45.1 Å². The Morgan fingerprint density at radius 3 is 2.60 bits per heavy atom. The highest BCUT2D eigenvalue weighted by atomic mass is 16.6. The van der Waals surface area contributed by atoms with Crippen LogP contribution in [-0.4, -0.2) is 41.5 Å². The molecule has 130 valence electrons. The van der Waals surface area contributed by atoms with Gasteiger partial charge in [-0.1, -0.05) is 47.6 Å². The highest BCUT2D eigenvalue weighted by Crippen LogP contribution is 2.30. The Labute approximate surface area is 148 Å². The first kappa shape index (κ1) is 16.2. The predicted molar refractivity (Wildman–Crippen MR) is 99.0 cm³/mol. The summed E-state index contributed by atoms with van der Waals surface area (Å²) in [4.78, 5) is 8.14. The fourth-order valence-corrected chi connectivity index (χ4v) is 3.84. The molecule has 0 bridgehead atoms. The Balaban J connectivity index is 1.27. The number of phenolic OH excluding ortho intramolecular Hbond substituents is 1. The second kappa shape index (κ2) is 7.28. The summed E-state index contributed by atoms with van der Waals surface area (Å²) in [6, 6.07) is 18.0. The molecule has 0 spiro atoms. The maximum absolute atomic E-state index is 9.66. The molecular formula is C21H24N2O2. The van der Waals surface area contributed by atoms with E-state index in [9.17, 15) is 5.11 Å². The zero-order chi connectivity index (χ0) is 17.1. The molecule has 0 radical (unpaired) electrons. The lowest BCUT2D eigenvalue weighted by Gasteiger charge is -2.33. The fraction of sp³-hybridized carbons (Fsp3) is 0.381. The molecule has 2 aromatic carbocycles. The van der Waals surface area contributed by atoms with Gasteiger partial charge in [-0.25, -0.2) is 0 Å². The van der Waals surface area contributed by atoms with Crippen molar-refractivity contribution in [3.05, 3.63) is 65.7 Å². The van der Waals surface area contributed by atoms with Crippen molar-refractivity contribution < 1.29 is 9.94 Å². The third-order valence-corrected chi connectivity index (χ3v) is 5.23. The first-order chi connectivity index (χ1) is 12.3. The van der Waals surface area contributed by atoms with Gasteiger partial charge < -0.3 is 9.94 Å². The monoisotopic (exact) mass is 336 g/mol. The number of nitrogens with zero attached hydrogens (tertiary/aromatic N) is 2. The third kappa shape index (κ3) is 3.85. The van der Waals surface area contributed by atoms with Crippen molar-refractivity contribution in [1.29, 1.82) is 0 Å². The molecule has 25 heavy (non-hydrogen) atoms. The number of likely N-dealkylation sites (tertiary alicyclic amines) is 1. The molecule has 2 heterocycles. The van der Waals surface area contributed by atoms with Crippen molar-refractivity contribution in [2.75, 3.05) is 19.6 Å². The third-order valence-electron chi connectivity index (χ3n) is 5.23. The fourth-order valence-electron chi connectivity index (χ4n) is 3.84. The van der Waals surface area contributed by atoms with Crippen molar-refractivity contribution in [2.45, 2.75) is 31.3 Å². The van der Waals surface area contributed by atoms with E-state index in [0.29, 0.717) is 11.7 Å². The zero-order valence-corrected chi connectivity index (χ0v) is 14.3. The van der Waals surface area contributed by atoms with Crippen LogP contribution in [0.1, 0.15) is 36.3 Å². The number of rotatable bonds is 4. The normalized spacial score (nSPS) is 21.8. The first-order valence-corrected chi connectivity index (χ1v) is 9.07. The summed E-state index contributed by atoms with van der Waals surface area (Å²) >= 11 is 0. The molecule has 0 amide bonds. The quantitative estimate of drug-likeness (QED) is 0.924. The van der Waals surface area contributed by atoms with E-state index in [-0.39, 0.29) is 6.10 Å². The Bertz CT molecular complexity index is 737. The molecule has 0 aliphatic carbocycles. The van der Waals surface area contributed by atoms with E-state index < -0.39 is 0 Å². The molecule has 1 atom stereocenters. The van der Waals surface area contributed by atoms with E-state index in [4.69, 9.17) is 4.84 Å². The van der Waals surface area contributed by atoms with Gasteiger partial charge in [0.15, 0.2) is 0 Å². The van der Waals surface area contributed by atoms with Crippen LogP contribution in [0.5, 0.6) is 5.75 Å². The van der Waals surface area contributed by atoms with Crippen molar-refractivity contribution >= 4 is 5.71 Å². The van der Waals surface area contributed by atoms with Crippen LogP contribution in [0.3, 0.4) is 0 Å². The number of oxime groups is 1. The predicted octanol–water partition coefficient (Wildman–Crippen LogP) is 3.76. The maximum Gasteiger partial charge on any atom is 0.145 e. The van der Waals surface area contributed by atoms with E-state index in [2.05, 4.69) is 28.3 Å². The summed E-state index contributed by atoms with van der Waals surface area (Å²) in [7, 11) is 0. The van der Waals surface area contributed by atoms with Gasteiger partial charge in [-0.2, -0.15) is 0 Å². The van der Waals surface area contributed by atoms with Crippen LogP contribution in [-0.2, 0) is 4.84 Å². The molecule has 4 nitrogen and oxygen atoms in total. The number of phenols is 1. The van der Waals surface area contributed by atoms with Gasteiger partial charge in [-0.3, -0.25) is 4.90 Å². The Hall–Kier alpha value is -2.33. The summed E-state index contributed by atoms with van der Waals surface area (Å²) in [5.74, 6) is 0.911. The van der Waals surface area contributed by atoms with Crippen molar-refractivity contribution in [3.8, 4) is 5.75 Å². The Morgan fingerprint density at radius 1 is 1.04 bits per heavy atom. The highest BCUT2D eigenvalue weighted by molar-refractivity contribution is 6.01. The molecule has 0 saturated carbocycles. The molecule has 4 heteroatoms. The number of benzene rings is 2. The van der Waals surface area contributed by atoms with E-state index in [0.717, 1.165) is 50.2 Å². The van der Waals surface area contributed by atoms with Crippen LogP contribution in [0.4, 0.5) is 0 Å². The van der Waals surface area contributed by atoms with E-state index >= 15 is 0 Å². The van der Waals surface area contributed by atoms with Crippen molar-refractivity contribution in [2.24, 2.45) is 5.16 Å². The lowest BCUT2D eigenvalue weighted by molar-refractivity contribution is 0.0454. The average molecular weight is 336 g/mol. The van der Waals surface area contributed by atoms with Crippen LogP contribution in [0.25, 0.3) is 0 Å². The van der Waals surface area contributed by atoms with Crippen LogP contribution in [0.15, 0.2) is 59.8 Å². The summed E-state index contributed by atoms with van der Waals surface area (Å²) in [6.45, 7) is 3.08. The molecule has 2 aromatic rings. The SMILES string of the molecule is Oc1cccc(C2CCN(C[C@H]3CC(c4ccccc4)=NO3)CC2)c1. The molecule has 1 fully saturated rings. The second-order valence-electron chi connectivity index (χ2n) is 7.01. The number of hydrogen-bond acceptors (Lipinski definition) is 4. The smallest absolute Gasteiger partial charge is 0.145 e. The number of piperidine rings is 1. The van der Waals surface area contributed by atoms with E-state index in [1.165, 1.54) is 5.56 Å². The summed E-state index contributed by atoms with van der Waals surface area (Å²) in [6.07, 6.45) is 3.30. The lowest BCUT2D eigenvalue weighted by atomic mass is 9.89. The molecule has 0 aromatic heterocycles. The summed E-state index contributed by atoms with van der Waals surface area (Å²) in [5.41, 5.74) is 3.47. The van der Waals surface area contributed by atoms with Crippen LogP contribution in [0, 0.1) is 0 Å². The zero-order valence-electron chi connectivity index (χ0n) is 14.3. The minimum Gasteiger partial charge on any atom is -0.508 e. The average Bonchev–Trinajstić information content (AvgIpc) is 3.12. The van der Waals surface area contributed by atoms with Gasteiger partial charge in [0.1, 0.15) is 11.9 Å². The summed E-state index contributed by atoms with van der Waals surface area (Å²) in [5, 5.41) is 14.0. The van der Waals surface area contributed by atoms with Crippen molar-refractivity contribution in [3.63, 3.8) is 0 Å². The van der Waals surface area contributed by atoms with Gasteiger partial charge in [0.2, 0.25) is 0 Å². The van der Waals surface area contributed by atoms with E-state index in [1.807, 2.05) is 30.3 Å². The second-order valence-corrected chi connectivity index (χ2v) is 7.01. The molecule has 2 aliphatic heterocycles. The molecule has 0 unspecified atom stereocenters. The Kier molecular flexibility index (Phi) is 4.70. The lowest BCUT2D eigenvalue weighted by Crippen LogP contribution is -2.38. The van der Waals surface area contributed by atoms with Gasteiger partial charge in [0.05, 0.1) is 5.71 Å². The van der Waals surface area contributed by atoms with Gasteiger partial charge in [-0.05, 0) is 55.1 Å². The molecule has 1 N–H and O–H groups in total. The summed E-state index contributed by atoms with van der Waals surface area (Å²) < 4.78 is 0. The van der Waals surface area contributed by atoms with Gasteiger partial charge in [0, 0.05) is 13.0 Å². The Morgan fingerprint density at radius 2 is 1.84 bits per heavy atom. The first-order valence-electron chi connectivity index (χ1n) is 9.07. The molecule has 2 aliphatic rings. The molecule has 4 rings (SSSR count). The number of hydrogen-bond donors (Lipinski definition) is 1.